The quantitative estimate of drug-likeness (QED) is 0.473. The minimum absolute atomic E-state index is 0.0313. The van der Waals surface area contributed by atoms with E-state index in [1.165, 1.54) is 6.26 Å². The minimum Gasteiger partial charge on any atom is -0.467 e. The van der Waals surface area contributed by atoms with Crippen LogP contribution in [0, 0.1) is 0 Å². The molecule has 0 saturated heterocycles. The second kappa shape index (κ2) is 7.30. The zero-order valence-corrected chi connectivity index (χ0v) is 17.3. The second-order valence-electron chi connectivity index (χ2n) is 8.11. The maximum absolute atomic E-state index is 13.9. The smallest absolute Gasteiger partial charge is 0.290 e. The van der Waals surface area contributed by atoms with E-state index in [1.807, 2.05) is 54.7 Å². The SMILES string of the molecule is O=C(c1ccco1)N(CC(=O)N1c2ccccc2-n2cccc2C1c1ccco1)C1CC1. The van der Waals surface area contributed by atoms with Crippen LogP contribution < -0.4 is 4.90 Å². The van der Waals surface area contributed by atoms with Crippen molar-refractivity contribution in [2.24, 2.45) is 0 Å². The predicted molar refractivity (Wildman–Crippen MR) is 117 cm³/mol. The molecule has 7 heteroatoms. The summed E-state index contributed by atoms with van der Waals surface area (Å²) in [4.78, 5) is 30.3. The van der Waals surface area contributed by atoms with E-state index in [4.69, 9.17) is 8.83 Å². The van der Waals surface area contributed by atoms with Gasteiger partial charge in [-0.3, -0.25) is 14.5 Å². The van der Waals surface area contributed by atoms with Crippen LogP contribution in [0.15, 0.2) is 88.2 Å². The molecule has 0 N–H and O–H groups in total. The van der Waals surface area contributed by atoms with Crippen molar-refractivity contribution in [3.63, 3.8) is 0 Å². The van der Waals surface area contributed by atoms with Gasteiger partial charge in [-0.15, -0.1) is 0 Å². The summed E-state index contributed by atoms with van der Waals surface area (Å²) >= 11 is 0. The van der Waals surface area contributed by atoms with Crippen LogP contribution in [0.3, 0.4) is 0 Å². The molecule has 1 unspecified atom stereocenters. The zero-order chi connectivity index (χ0) is 21.7. The van der Waals surface area contributed by atoms with Gasteiger partial charge in [-0.2, -0.15) is 0 Å². The third kappa shape index (κ3) is 2.97. The van der Waals surface area contributed by atoms with Gasteiger partial charge in [-0.25, -0.2) is 0 Å². The normalized spacial score (nSPS) is 17.0. The monoisotopic (exact) mass is 427 g/mol. The van der Waals surface area contributed by atoms with E-state index in [-0.39, 0.29) is 30.2 Å². The van der Waals surface area contributed by atoms with Gasteiger partial charge in [0, 0.05) is 12.2 Å². The number of fused-ring (bicyclic) bond motifs is 3. The largest absolute Gasteiger partial charge is 0.467 e. The van der Waals surface area contributed by atoms with E-state index in [2.05, 4.69) is 4.57 Å². The highest BCUT2D eigenvalue weighted by molar-refractivity contribution is 6.02. The topological polar surface area (TPSA) is 71.8 Å². The van der Waals surface area contributed by atoms with Crippen molar-refractivity contribution >= 4 is 17.5 Å². The number of aromatic nitrogens is 1. The fourth-order valence-electron chi connectivity index (χ4n) is 4.49. The van der Waals surface area contributed by atoms with Crippen LogP contribution in [0.4, 0.5) is 5.69 Å². The molecule has 2 amide bonds. The fourth-order valence-corrected chi connectivity index (χ4v) is 4.49. The van der Waals surface area contributed by atoms with E-state index in [1.54, 1.807) is 28.2 Å². The summed E-state index contributed by atoms with van der Waals surface area (Å²) in [5, 5.41) is 0. The number of hydrogen-bond acceptors (Lipinski definition) is 4. The first-order valence-electron chi connectivity index (χ1n) is 10.7. The summed E-state index contributed by atoms with van der Waals surface area (Å²) in [6.07, 6.45) is 6.86. The molecule has 2 aliphatic rings. The number of furan rings is 2. The summed E-state index contributed by atoms with van der Waals surface area (Å²) < 4.78 is 13.2. The average Bonchev–Trinajstić information content (AvgIpc) is 3.26. The number of carbonyl (C=O) groups is 2. The number of para-hydroxylation sites is 2. The van der Waals surface area contributed by atoms with Gasteiger partial charge in [-0.1, -0.05) is 12.1 Å². The Morgan fingerprint density at radius 3 is 2.41 bits per heavy atom. The molecule has 1 aromatic carbocycles. The molecule has 0 radical (unpaired) electrons. The lowest BCUT2D eigenvalue weighted by Gasteiger charge is -2.38. The lowest BCUT2D eigenvalue weighted by molar-refractivity contribution is -0.120. The van der Waals surface area contributed by atoms with Crippen molar-refractivity contribution < 1.29 is 18.4 Å². The van der Waals surface area contributed by atoms with Crippen LogP contribution >= 0.6 is 0 Å². The lowest BCUT2D eigenvalue weighted by Crippen LogP contribution is -2.47. The van der Waals surface area contributed by atoms with Gasteiger partial charge in [-0.05, 0) is 61.4 Å². The Morgan fingerprint density at radius 1 is 0.906 bits per heavy atom. The number of nitrogens with zero attached hydrogens (tertiary/aromatic N) is 3. The second-order valence-corrected chi connectivity index (χ2v) is 8.11. The highest BCUT2D eigenvalue weighted by atomic mass is 16.3. The fraction of sp³-hybridized carbons (Fsp3) is 0.200. The summed E-state index contributed by atoms with van der Waals surface area (Å²) in [5.74, 6) is 0.496. The van der Waals surface area contributed by atoms with E-state index in [0.29, 0.717) is 5.76 Å². The van der Waals surface area contributed by atoms with Crippen LogP contribution in [0.5, 0.6) is 0 Å². The first-order chi connectivity index (χ1) is 15.7. The van der Waals surface area contributed by atoms with Gasteiger partial charge in [0.15, 0.2) is 5.76 Å². The highest BCUT2D eigenvalue weighted by Crippen LogP contribution is 2.42. The Balaban J connectivity index is 1.41. The Hall–Kier alpha value is -4.00. The van der Waals surface area contributed by atoms with Gasteiger partial charge in [0.25, 0.3) is 5.91 Å². The molecule has 1 aliphatic heterocycles. The van der Waals surface area contributed by atoms with Gasteiger partial charge < -0.3 is 18.3 Å². The summed E-state index contributed by atoms with van der Waals surface area (Å²) in [6.45, 7) is -0.0313. The molecular weight excluding hydrogens is 406 g/mol. The van der Waals surface area contributed by atoms with Gasteiger partial charge in [0.2, 0.25) is 5.91 Å². The number of rotatable bonds is 5. The number of carbonyl (C=O) groups excluding carboxylic acids is 2. The molecule has 4 heterocycles. The van der Waals surface area contributed by atoms with Crippen LogP contribution in [0.1, 0.15) is 40.9 Å². The Morgan fingerprint density at radius 2 is 1.69 bits per heavy atom. The van der Waals surface area contributed by atoms with Gasteiger partial charge in [0.1, 0.15) is 18.3 Å². The Kier molecular flexibility index (Phi) is 4.28. The molecule has 3 aromatic heterocycles. The minimum atomic E-state index is -0.429. The number of amides is 2. The molecule has 4 aromatic rings. The van der Waals surface area contributed by atoms with Gasteiger partial charge >= 0.3 is 0 Å². The summed E-state index contributed by atoms with van der Waals surface area (Å²) in [7, 11) is 0. The lowest BCUT2D eigenvalue weighted by atomic mass is 10.0. The number of benzene rings is 1. The highest BCUT2D eigenvalue weighted by Gasteiger charge is 2.41. The summed E-state index contributed by atoms with van der Waals surface area (Å²) in [6, 6.07) is 18.4. The third-order valence-corrected chi connectivity index (χ3v) is 6.09. The average molecular weight is 427 g/mol. The first kappa shape index (κ1) is 18.7. The maximum Gasteiger partial charge on any atom is 0.290 e. The molecule has 1 fully saturated rings. The van der Waals surface area contributed by atoms with E-state index >= 15 is 0 Å². The molecule has 1 saturated carbocycles. The van der Waals surface area contributed by atoms with E-state index < -0.39 is 6.04 Å². The molecule has 32 heavy (non-hydrogen) atoms. The molecule has 7 nitrogen and oxygen atoms in total. The van der Waals surface area contributed by atoms with Crippen LogP contribution in [-0.2, 0) is 4.79 Å². The van der Waals surface area contributed by atoms with Crippen molar-refractivity contribution in [1.29, 1.82) is 0 Å². The van der Waals surface area contributed by atoms with Crippen molar-refractivity contribution in [1.82, 2.24) is 9.47 Å². The van der Waals surface area contributed by atoms with E-state index in [9.17, 15) is 9.59 Å². The first-order valence-corrected chi connectivity index (χ1v) is 10.7. The molecular formula is C25H21N3O4. The predicted octanol–water partition coefficient (Wildman–Crippen LogP) is 4.40. The van der Waals surface area contributed by atoms with Crippen molar-refractivity contribution in [2.75, 3.05) is 11.4 Å². The number of hydrogen-bond donors (Lipinski definition) is 0. The third-order valence-electron chi connectivity index (χ3n) is 6.09. The number of anilines is 1. The maximum atomic E-state index is 13.9. The zero-order valence-electron chi connectivity index (χ0n) is 17.3. The van der Waals surface area contributed by atoms with Crippen molar-refractivity contribution in [3.05, 3.63) is 96.6 Å². The molecule has 1 atom stereocenters. The molecule has 1 aliphatic carbocycles. The van der Waals surface area contributed by atoms with Crippen molar-refractivity contribution in [2.45, 2.75) is 24.9 Å². The summed E-state index contributed by atoms with van der Waals surface area (Å²) in [5.41, 5.74) is 2.63. The molecule has 6 rings (SSSR count). The van der Waals surface area contributed by atoms with Crippen LogP contribution in [-0.4, -0.2) is 33.9 Å². The van der Waals surface area contributed by atoms with Crippen LogP contribution in [0.25, 0.3) is 5.69 Å². The van der Waals surface area contributed by atoms with Gasteiger partial charge in [0.05, 0.1) is 29.6 Å². The van der Waals surface area contributed by atoms with E-state index in [0.717, 1.165) is 29.9 Å². The molecule has 160 valence electrons. The van der Waals surface area contributed by atoms with Crippen molar-refractivity contribution in [3.8, 4) is 5.69 Å². The van der Waals surface area contributed by atoms with Crippen LogP contribution in [0.2, 0.25) is 0 Å². The molecule has 0 spiro atoms. The Labute approximate surface area is 184 Å². The standard InChI is InChI=1S/C25H21N3O4/c29-23(16-27(17-11-12-17)25(30)22-10-5-15-32-22)28-19-7-2-1-6-18(19)26-13-3-8-20(26)24(28)21-9-4-14-31-21/h1-10,13-15,17,24H,11-12,16H2. The Bertz CT molecular complexity index is 1270. The molecule has 0 bridgehead atoms.